The van der Waals surface area contributed by atoms with Crippen LogP contribution in [0.25, 0.3) is 0 Å². The van der Waals surface area contributed by atoms with E-state index >= 15 is 0 Å². The van der Waals surface area contributed by atoms with Crippen molar-refractivity contribution in [2.75, 3.05) is 13.1 Å². The first-order valence-corrected chi connectivity index (χ1v) is 6.68. The molecule has 2 rings (SSSR count). The van der Waals surface area contributed by atoms with Crippen LogP contribution in [0.15, 0.2) is 30.3 Å². The average molecular weight is 232 g/mol. The van der Waals surface area contributed by atoms with Crippen LogP contribution in [-0.4, -0.2) is 23.5 Å². The molecule has 2 N–H and O–H groups in total. The molecule has 1 heterocycles. The number of benzene rings is 1. The van der Waals surface area contributed by atoms with Crippen LogP contribution in [0.3, 0.4) is 0 Å². The molecule has 2 nitrogen and oxygen atoms in total. The minimum atomic E-state index is 0.0434. The molecule has 1 aliphatic heterocycles. The Morgan fingerprint density at radius 1 is 1.06 bits per heavy atom. The highest BCUT2D eigenvalue weighted by Crippen LogP contribution is 2.31. The molecule has 0 spiro atoms. The maximum atomic E-state index is 6.46. The standard InChI is InChI=1S/C15H24N2/c1-15(2,17-11-7-4-8-12-17)14(16)13-9-5-3-6-10-13/h3,5-6,9-10,14H,4,7-8,11-12,16H2,1-2H3/t14-/m0/s1. The van der Waals surface area contributed by atoms with Crippen LogP contribution < -0.4 is 5.73 Å². The van der Waals surface area contributed by atoms with Gasteiger partial charge in [-0.05, 0) is 45.3 Å². The fourth-order valence-corrected chi connectivity index (χ4v) is 2.74. The molecule has 1 aromatic carbocycles. The van der Waals surface area contributed by atoms with Gasteiger partial charge in [0.05, 0.1) is 0 Å². The second-order valence-electron chi connectivity index (χ2n) is 5.59. The zero-order valence-electron chi connectivity index (χ0n) is 11.0. The molecule has 1 atom stereocenters. The molecule has 0 bridgehead atoms. The molecule has 1 aromatic rings. The Balaban J connectivity index is 2.13. The molecule has 0 aromatic heterocycles. The molecule has 1 saturated heterocycles. The fourth-order valence-electron chi connectivity index (χ4n) is 2.74. The molecule has 1 fully saturated rings. The van der Waals surface area contributed by atoms with Crippen molar-refractivity contribution in [3.05, 3.63) is 35.9 Å². The summed E-state index contributed by atoms with van der Waals surface area (Å²) in [5, 5.41) is 0. The first kappa shape index (κ1) is 12.6. The van der Waals surface area contributed by atoms with Gasteiger partial charge in [-0.3, -0.25) is 4.90 Å². The number of likely N-dealkylation sites (tertiary alicyclic amines) is 1. The summed E-state index contributed by atoms with van der Waals surface area (Å²) in [6.45, 7) is 6.92. The lowest BCUT2D eigenvalue weighted by Gasteiger charge is -2.44. The number of nitrogens with zero attached hydrogens (tertiary/aromatic N) is 1. The Hall–Kier alpha value is -0.860. The molecular weight excluding hydrogens is 208 g/mol. The predicted octanol–water partition coefficient (Wildman–Crippen LogP) is 2.95. The lowest BCUT2D eigenvalue weighted by atomic mass is 9.86. The third-order valence-corrected chi connectivity index (χ3v) is 4.09. The number of hydrogen-bond donors (Lipinski definition) is 1. The van der Waals surface area contributed by atoms with Crippen molar-refractivity contribution in [2.45, 2.75) is 44.7 Å². The van der Waals surface area contributed by atoms with Crippen LogP contribution in [-0.2, 0) is 0 Å². The molecule has 0 aliphatic carbocycles. The lowest BCUT2D eigenvalue weighted by Crippen LogP contribution is -2.53. The van der Waals surface area contributed by atoms with Gasteiger partial charge in [0.15, 0.2) is 0 Å². The molecule has 0 amide bonds. The summed E-state index contributed by atoms with van der Waals surface area (Å²) >= 11 is 0. The van der Waals surface area contributed by atoms with E-state index in [9.17, 15) is 0 Å². The highest BCUT2D eigenvalue weighted by atomic mass is 15.2. The maximum Gasteiger partial charge on any atom is 0.0476 e. The maximum absolute atomic E-state index is 6.46. The van der Waals surface area contributed by atoms with Gasteiger partial charge in [-0.2, -0.15) is 0 Å². The van der Waals surface area contributed by atoms with Crippen LogP contribution in [0.5, 0.6) is 0 Å². The zero-order chi connectivity index (χ0) is 12.3. The molecule has 0 saturated carbocycles. The number of piperidine rings is 1. The van der Waals surface area contributed by atoms with Crippen LogP contribution in [0.1, 0.15) is 44.7 Å². The lowest BCUT2D eigenvalue weighted by molar-refractivity contribution is 0.0730. The van der Waals surface area contributed by atoms with Gasteiger partial charge in [-0.15, -0.1) is 0 Å². The molecule has 17 heavy (non-hydrogen) atoms. The smallest absolute Gasteiger partial charge is 0.0476 e. The normalized spacial score (nSPS) is 20.2. The second kappa shape index (κ2) is 5.19. The number of rotatable bonds is 3. The Morgan fingerprint density at radius 2 is 1.65 bits per heavy atom. The molecular formula is C15H24N2. The Labute approximate surface area is 105 Å². The van der Waals surface area contributed by atoms with Crippen LogP contribution >= 0.6 is 0 Å². The fraction of sp³-hybridized carbons (Fsp3) is 0.600. The van der Waals surface area contributed by atoms with E-state index in [0.717, 1.165) is 0 Å². The second-order valence-corrected chi connectivity index (χ2v) is 5.59. The van der Waals surface area contributed by atoms with E-state index in [0.29, 0.717) is 0 Å². The van der Waals surface area contributed by atoms with Gasteiger partial charge in [0, 0.05) is 11.6 Å². The quantitative estimate of drug-likeness (QED) is 0.868. The Kier molecular flexibility index (Phi) is 3.85. The molecule has 0 unspecified atom stereocenters. The Morgan fingerprint density at radius 3 is 2.24 bits per heavy atom. The summed E-state index contributed by atoms with van der Waals surface area (Å²) in [5.74, 6) is 0. The SMILES string of the molecule is CC(C)([C@@H](N)c1ccccc1)N1CCCCC1. The molecule has 1 aliphatic rings. The largest absolute Gasteiger partial charge is 0.322 e. The average Bonchev–Trinajstić information content (AvgIpc) is 2.40. The van der Waals surface area contributed by atoms with Crippen LogP contribution in [0.2, 0.25) is 0 Å². The van der Waals surface area contributed by atoms with Gasteiger partial charge in [-0.1, -0.05) is 36.8 Å². The summed E-state index contributed by atoms with van der Waals surface area (Å²) < 4.78 is 0. The van der Waals surface area contributed by atoms with E-state index in [-0.39, 0.29) is 11.6 Å². The topological polar surface area (TPSA) is 29.3 Å². The summed E-state index contributed by atoms with van der Waals surface area (Å²) in [6, 6.07) is 10.5. The van der Waals surface area contributed by atoms with E-state index in [1.165, 1.54) is 37.9 Å². The van der Waals surface area contributed by atoms with Gasteiger partial charge in [-0.25, -0.2) is 0 Å². The minimum Gasteiger partial charge on any atom is -0.322 e. The predicted molar refractivity (Wildman–Crippen MR) is 72.9 cm³/mol. The molecule has 2 heteroatoms. The van der Waals surface area contributed by atoms with E-state index in [1.54, 1.807) is 0 Å². The van der Waals surface area contributed by atoms with Crippen molar-refractivity contribution < 1.29 is 0 Å². The first-order chi connectivity index (χ1) is 8.12. The highest BCUT2D eigenvalue weighted by molar-refractivity contribution is 5.22. The third kappa shape index (κ3) is 2.70. The summed E-state index contributed by atoms with van der Waals surface area (Å²) in [6.07, 6.45) is 3.99. The summed E-state index contributed by atoms with van der Waals surface area (Å²) in [4.78, 5) is 2.55. The van der Waals surface area contributed by atoms with Crippen molar-refractivity contribution in [1.29, 1.82) is 0 Å². The minimum absolute atomic E-state index is 0.0434. The summed E-state index contributed by atoms with van der Waals surface area (Å²) in [5.41, 5.74) is 7.74. The summed E-state index contributed by atoms with van der Waals surface area (Å²) in [7, 11) is 0. The van der Waals surface area contributed by atoms with Gasteiger partial charge >= 0.3 is 0 Å². The first-order valence-electron chi connectivity index (χ1n) is 6.68. The third-order valence-electron chi connectivity index (χ3n) is 4.09. The number of nitrogens with two attached hydrogens (primary N) is 1. The van der Waals surface area contributed by atoms with Crippen molar-refractivity contribution in [1.82, 2.24) is 4.90 Å². The van der Waals surface area contributed by atoms with Crippen molar-refractivity contribution in [3.63, 3.8) is 0 Å². The van der Waals surface area contributed by atoms with Crippen molar-refractivity contribution in [2.24, 2.45) is 5.73 Å². The van der Waals surface area contributed by atoms with Gasteiger partial charge in [0.1, 0.15) is 0 Å². The van der Waals surface area contributed by atoms with E-state index < -0.39 is 0 Å². The zero-order valence-corrected chi connectivity index (χ0v) is 11.0. The van der Waals surface area contributed by atoms with Gasteiger partial charge in [0.25, 0.3) is 0 Å². The van der Waals surface area contributed by atoms with E-state index in [2.05, 4.69) is 43.0 Å². The van der Waals surface area contributed by atoms with Crippen LogP contribution in [0, 0.1) is 0 Å². The molecule has 94 valence electrons. The highest BCUT2D eigenvalue weighted by Gasteiger charge is 2.34. The van der Waals surface area contributed by atoms with Gasteiger partial charge < -0.3 is 5.73 Å². The van der Waals surface area contributed by atoms with Crippen molar-refractivity contribution >= 4 is 0 Å². The van der Waals surface area contributed by atoms with E-state index in [1.807, 2.05) is 6.07 Å². The van der Waals surface area contributed by atoms with Crippen molar-refractivity contribution in [3.8, 4) is 0 Å². The van der Waals surface area contributed by atoms with E-state index in [4.69, 9.17) is 5.73 Å². The molecule has 0 radical (unpaired) electrons. The number of hydrogen-bond acceptors (Lipinski definition) is 2. The Bertz CT molecular complexity index is 339. The van der Waals surface area contributed by atoms with Gasteiger partial charge in [0.2, 0.25) is 0 Å². The monoisotopic (exact) mass is 232 g/mol. The van der Waals surface area contributed by atoms with Crippen LogP contribution in [0.4, 0.5) is 0 Å².